The topological polar surface area (TPSA) is 65.1 Å². The maximum atomic E-state index is 12.0. The van der Waals surface area contributed by atoms with Gasteiger partial charge in [0.25, 0.3) is 0 Å². The van der Waals surface area contributed by atoms with Crippen LogP contribution in [0.4, 0.5) is 0 Å². The highest BCUT2D eigenvalue weighted by Crippen LogP contribution is 2.49. The Morgan fingerprint density at radius 2 is 2.20 bits per heavy atom. The van der Waals surface area contributed by atoms with Gasteiger partial charge in [0.05, 0.1) is 17.6 Å². The molecule has 1 aliphatic carbocycles. The van der Waals surface area contributed by atoms with Crippen LogP contribution in [0.3, 0.4) is 0 Å². The third-order valence-electron chi connectivity index (χ3n) is 3.97. The highest BCUT2D eigenvalue weighted by molar-refractivity contribution is 5.87. The second-order valence-corrected chi connectivity index (χ2v) is 6.02. The Labute approximate surface area is 119 Å². The minimum absolute atomic E-state index is 0.00108. The fourth-order valence-electron chi connectivity index (χ4n) is 2.49. The van der Waals surface area contributed by atoms with Crippen molar-refractivity contribution in [3.05, 3.63) is 12.2 Å². The maximum absolute atomic E-state index is 12.0. The number of fused-ring (bicyclic) bond motifs is 1. The summed E-state index contributed by atoms with van der Waals surface area (Å²) in [4.78, 5) is 23.3. The molecule has 0 spiro atoms. The van der Waals surface area contributed by atoms with Crippen molar-refractivity contribution in [1.29, 1.82) is 0 Å². The van der Waals surface area contributed by atoms with Gasteiger partial charge in [-0.1, -0.05) is 6.58 Å². The Morgan fingerprint density at radius 3 is 2.80 bits per heavy atom. The van der Waals surface area contributed by atoms with Crippen molar-refractivity contribution in [2.75, 3.05) is 6.61 Å². The first kappa shape index (κ1) is 15.0. The van der Waals surface area contributed by atoms with Gasteiger partial charge in [-0.25, -0.2) is 4.79 Å². The van der Waals surface area contributed by atoms with Crippen molar-refractivity contribution in [2.24, 2.45) is 5.92 Å². The zero-order valence-corrected chi connectivity index (χ0v) is 12.3. The van der Waals surface area contributed by atoms with Gasteiger partial charge in [-0.2, -0.15) is 0 Å². The average molecular weight is 282 g/mol. The van der Waals surface area contributed by atoms with Crippen molar-refractivity contribution in [3.8, 4) is 0 Å². The van der Waals surface area contributed by atoms with Crippen LogP contribution in [0.2, 0.25) is 0 Å². The predicted octanol–water partition coefficient (Wildman–Crippen LogP) is 2.00. The third-order valence-corrected chi connectivity index (χ3v) is 3.97. The molecule has 4 atom stereocenters. The Hall–Kier alpha value is -1.36. The number of hydrogen-bond donors (Lipinski definition) is 0. The molecule has 2 aliphatic rings. The molecular weight excluding hydrogens is 260 g/mol. The Balaban J connectivity index is 1.70. The molecule has 0 aromatic rings. The monoisotopic (exact) mass is 282 g/mol. The van der Waals surface area contributed by atoms with Crippen molar-refractivity contribution >= 4 is 11.9 Å². The molecule has 1 aliphatic heterocycles. The Kier molecular flexibility index (Phi) is 4.18. The largest absolute Gasteiger partial charge is 0.462 e. The van der Waals surface area contributed by atoms with Crippen molar-refractivity contribution in [3.63, 3.8) is 0 Å². The fourth-order valence-corrected chi connectivity index (χ4v) is 2.49. The van der Waals surface area contributed by atoms with Gasteiger partial charge < -0.3 is 14.2 Å². The molecule has 5 nitrogen and oxygen atoms in total. The molecule has 2 rings (SSSR count). The lowest BCUT2D eigenvalue weighted by Crippen LogP contribution is -2.30. The van der Waals surface area contributed by atoms with Crippen LogP contribution >= 0.6 is 0 Å². The summed E-state index contributed by atoms with van der Waals surface area (Å²) < 4.78 is 15.8. The molecule has 1 saturated carbocycles. The fraction of sp³-hybridized carbons (Fsp3) is 0.733. The van der Waals surface area contributed by atoms with Gasteiger partial charge in [-0.3, -0.25) is 4.79 Å². The summed E-state index contributed by atoms with van der Waals surface area (Å²) >= 11 is 0. The molecule has 0 aromatic heterocycles. The summed E-state index contributed by atoms with van der Waals surface area (Å²) in [6, 6.07) is 0. The molecule has 20 heavy (non-hydrogen) atoms. The van der Waals surface area contributed by atoms with E-state index in [2.05, 4.69) is 13.5 Å². The van der Waals surface area contributed by atoms with Crippen LogP contribution in [0, 0.1) is 5.92 Å². The molecule has 0 amide bonds. The van der Waals surface area contributed by atoms with E-state index in [9.17, 15) is 9.59 Å². The van der Waals surface area contributed by atoms with E-state index in [0.717, 1.165) is 19.3 Å². The van der Waals surface area contributed by atoms with Gasteiger partial charge in [-0.05, 0) is 40.0 Å². The van der Waals surface area contributed by atoms with Crippen LogP contribution in [0.5, 0.6) is 0 Å². The van der Waals surface area contributed by atoms with Gasteiger partial charge >= 0.3 is 11.9 Å². The molecule has 0 aromatic carbocycles. The van der Waals surface area contributed by atoms with Crippen LogP contribution in [0.15, 0.2) is 12.2 Å². The molecule has 0 radical (unpaired) electrons. The smallest absolute Gasteiger partial charge is 0.333 e. The van der Waals surface area contributed by atoms with E-state index in [4.69, 9.17) is 14.2 Å². The number of epoxide rings is 1. The normalized spacial score (nSPS) is 32.8. The summed E-state index contributed by atoms with van der Waals surface area (Å²) in [6.45, 7) is 8.93. The number of carbonyl (C=O) groups excluding carboxylic acids is 2. The van der Waals surface area contributed by atoms with Gasteiger partial charge in [0.15, 0.2) is 0 Å². The predicted molar refractivity (Wildman–Crippen MR) is 71.9 cm³/mol. The minimum Gasteiger partial charge on any atom is -0.462 e. The summed E-state index contributed by atoms with van der Waals surface area (Å²) in [5.74, 6) is -0.784. The Bertz CT molecular complexity index is 430. The highest BCUT2D eigenvalue weighted by Gasteiger charge is 2.56. The van der Waals surface area contributed by atoms with Gasteiger partial charge in [-0.15, -0.1) is 0 Å². The zero-order chi connectivity index (χ0) is 14.9. The van der Waals surface area contributed by atoms with E-state index in [1.54, 1.807) is 13.8 Å². The molecule has 5 heteroatoms. The van der Waals surface area contributed by atoms with E-state index in [0.29, 0.717) is 5.57 Å². The molecule has 1 heterocycles. The van der Waals surface area contributed by atoms with Crippen LogP contribution in [0.25, 0.3) is 0 Å². The molecule has 1 saturated heterocycles. The lowest BCUT2D eigenvalue weighted by molar-refractivity contribution is -0.158. The Morgan fingerprint density at radius 1 is 1.50 bits per heavy atom. The first-order valence-corrected chi connectivity index (χ1v) is 7.03. The minimum atomic E-state index is -0.464. The maximum Gasteiger partial charge on any atom is 0.333 e. The van der Waals surface area contributed by atoms with E-state index < -0.39 is 12.1 Å². The van der Waals surface area contributed by atoms with Crippen molar-refractivity contribution < 1.29 is 23.8 Å². The summed E-state index contributed by atoms with van der Waals surface area (Å²) in [5.41, 5.74) is 0.335. The molecule has 0 N–H and O–H groups in total. The van der Waals surface area contributed by atoms with E-state index in [1.807, 2.05) is 0 Å². The average Bonchev–Trinajstić information content (AvgIpc) is 3.06. The van der Waals surface area contributed by atoms with Crippen molar-refractivity contribution in [2.45, 2.75) is 57.8 Å². The van der Waals surface area contributed by atoms with Crippen LogP contribution < -0.4 is 0 Å². The summed E-state index contributed by atoms with van der Waals surface area (Å²) in [7, 11) is 0. The third kappa shape index (κ3) is 3.39. The number of rotatable bonds is 5. The second kappa shape index (κ2) is 5.56. The van der Waals surface area contributed by atoms with Gasteiger partial charge in [0, 0.05) is 5.57 Å². The molecule has 0 bridgehead atoms. The summed E-state index contributed by atoms with van der Waals surface area (Å²) in [5, 5.41) is 0. The SMILES string of the molecule is C=C(C)C(=O)OC(C)COC(=O)C1CCC2(C)OC2C1. The highest BCUT2D eigenvalue weighted by atomic mass is 16.6. The standard InChI is InChI=1S/C15H22O5/c1-9(2)13(16)19-10(3)8-18-14(17)11-5-6-15(4)12(7-11)20-15/h10-12H,1,5-8H2,2-4H3. The first-order valence-electron chi connectivity index (χ1n) is 7.03. The second-order valence-electron chi connectivity index (χ2n) is 6.02. The lowest BCUT2D eigenvalue weighted by atomic mass is 9.83. The van der Waals surface area contributed by atoms with Gasteiger partial charge in [0.1, 0.15) is 12.7 Å². The number of esters is 2. The number of hydrogen-bond acceptors (Lipinski definition) is 5. The molecular formula is C15H22O5. The first-order chi connectivity index (χ1) is 9.32. The zero-order valence-electron chi connectivity index (χ0n) is 12.3. The lowest BCUT2D eigenvalue weighted by Gasteiger charge is -2.21. The van der Waals surface area contributed by atoms with E-state index >= 15 is 0 Å². The van der Waals surface area contributed by atoms with E-state index in [-0.39, 0.29) is 30.2 Å². The van der Waals surface area contributed by atoms with E-state index in [1.165, 1.54) is 0 Å². The molecule has 2 fully saturated rings. The molecule has 112 valence electrons. The van der Waals surface area contributed by atoms with Crippen LogP contribution in [0.1, 0.15) is 40.0 Å². The number of carbonyl (C=O) groups is 2. The van der Waals surface area contributed by atoms with Crippen molar-refractivity contribution in [1.82, 2.24) is 0 Å². The molecule has 4 unspecified atom stereocenters. The van der Waals surface area contributed by atoms with Crippen LogP contribution in [-0.4, -0.2) is 36.4 Å². The van der Waals surface area contributed by atoms with Crippen LogP contribution in [-0.2, 0) is 23.8 Å². The number of ether oxygens (including phenoxy) is 3. The quantitative estimate of drug-likeness (QED) is 0.438. The van der Waals surface area contributed by atoms with Gasteiger partial charge in [0.2, 0.25) is 0 Å². The summed E-state index contributed by atoms with van der Waals surface area (Å²) in [6.07, 6.45) is 2.17.